The summed E-state index contributed by atoms with van der Waals surface area (Å²) in [5.74, 6) is 0. The minimum atomic E-state index is -0.130. The van der Waals surface area contributed by atoms with Crippen molar-refractivity contribution in [3.8, 4) is 0 Å². The molecule has 1 nitrogen and oxygen atoms in total. The molecular weight excluding hydrogens is 112 g/mol. The van der Waals surface area contributed by atoms with Crippen molar-refractivity contribution in [3.05, 3.63) is 12.7 Å². The summed E-state index contributed by atoms with van der Waals surface area (Å²) in [6.07, 6.45) is 6.07. The number of aliphatic hydroxyl groups excluding tert-OH is 1. The molecule has 0 radical (unpaired) electrons. The van der Waals surface area contributed by atoms with Crippen LogP contribution < -0.4 is 0 Å². The highest BCUT2D eigenvalue weighted by Crippen LogP contribution is 2.02. The van der Waals surface area contributed by atoms with E-state index in [4.69, 9.17) is 5.11 Å². The van der Waals surface area contributed by atoms with Gasteiger partial charge in [0.25, 0.3) is 0 Å². The predicted octanol–water partition coefficient (Wildman–Crippen LogP) is 2.11. The number of unbranched alkanes of at least 4 members (excludes halogenated alkanes) is 2. The van der Waals surface area contributed by atoms with Gasteiger partial charge in [-0.15, -0.1) is 6.58 Å². The first-order chi connectivity index (χ1) is 4.27. The van der Waals surface area contributed by atoms with E-state index in [0.29, 0.717) is 0 Å². The normalized spacial score (nSPS) is 13.1. The smallest absolute Gasteiger partial charge is 0.0512 e. The topological polar surface area (TPSA) is 20.2 Å². The predicted molar refractivity (Wildman–Crippen MR) is 40.3 cm³/mol. The number of hydrogen-bond donors (Lipinski definition) is 1. The van der Waals surface area contributed by atoms with Gasteiger partial charge in [-0.05, 0) is 26.2 Å². The van der Waals surface area contributed by atoms with E-state index in [-0.39, 0.29) is 6.10 Å². The Balaban J connectivity index is 2.82. The molecule has 0 aliphatic rings. The second-order valence-electron chi connectivity index (χ2n) is 2.42. The molecule has 0 saturated carbocycles. The molecule has 0 heterocycles. The van der Waals surface area contributed by atoms with Crippen LogP contribution in [0.1, 0.15) is 32.6 Å². The van der Waals surface area contributed by atoms with Crippen molar-refractivity contribution in [1.82, 2.24) is 0 Å². The maximum atomic E-state index is 8.83. The minimum absolute atomic E-state index is 0.130. The summed E-state index contributed by atoms with van der Waals surface area (Å²) in [7, 11) is 0. The lowest BCUT2D eigenvalue weighted by Crippen LogP contribution is -1.97. The average molecular weight is 128 g/mol. The fourth-order valence-electron chi connectivity index (χ4n) is 0.728. The van der Waals surface area contributed by atoms with Gasteiger partial charge in [0.1, 0.15) is 0 Å². The second-order valence-corrected chi connectivity index (χ2v) is 2.42. The maximum absolute atomic E-state index is 8.83. The second kappa shape index (κ2) is 5.83. The first-order valence-electron chi connectivity index (χ1n) is 3.56. The van der Waals surface area contributed by atoms with Crippen LogP contribution >= 0.6 is 0 Å². The van der Waals surface area contributed by atoms with E-state index in [1.54, 1.807) is 0 Å². The SMILES string of the molecule is C=CCCCC[C@H](C)O. The summed E-state index contributed by atoms with van der Waals surface area (Å²) < 4.78 is 0. The Hall–Kier alpha value is -0.300. The van der Waals surface area contributed by atoms with Gasteiger partial charge >= 0.3 is 0 Å². The molecule has 0 rings (SSSR count). The van der Waals surface area contributed by atoms with E-state index in [9.17, 15) is 0 Å². The average Bonchev–Trinajstić information content (AvgIpc) is 1.80. The van der Waals surface area contributed by atoms with Crippen molar-refractivity contribution in [2.45, 2.75) is 38.7 Å². The van der Waals surface area contributed by atoms with E-state index >= 15 is 0 Å². The molecular formula is C8H16O. The van der Waals surface area contributed by atoms with Gasteiger partial charge < -0.3 is 5.11 Å². The zero-order valence-electron chi connectivity index (χ0n) is 6.14. The highest BCUT2D eigenvalue weighted by molar-refractivity contribution is 4.65. The summed E-state index contributed by atoms with van der Waals surface area (Å²) in [5, 5.41) is 8.83. The number of hydrogen-bond acceptors (Lipinski definition) is 1. The van der Waals surface area contributed by atoms with Crippen molar-refractivity contribution in [2.24, 2.45) is 0 Å². The number of aliphatic hydroxyl groups is 1. The summed E-state index contributed by atoms with van der Waals surface area (Å²) >= 11 is 0. The Kier molecular flexibility index (Phi) is 5.64. The molecule has 0 unspecified atom stereocenters. The van der Waals surface area contributed by atoms with E-state index in [0.717, 1.165) is 25.7 Å². The molecule has 1 N–H and O–H groups in total. The number of rotatable bonds is 5. The molecule has 1 heteroatoms. The van der Waals surface area contributed by atoms with Crippen LogP contribution in [0.4, 0.5) is 0 Å². The molecule has 0 fully saturated rings. The summed E-state index contributed by atoms with van der Waals surface area (Å²) in [6, 6.07) is 0. The van der Waals surface area contributed by atoms with Gasteiger partial charge in [-0.1, -0.05) is 12.5 Å². The van der Waals surface area contributed by atoms with Crippen LogP contribution in [0.2, 0.25) is 0 Å². The summed E-state index contributed by atoms with van der Waals surface area (Å²) in [6.45, 7) is 5.44. The Morgan fingerprint density at radius 2 is 2.22 bits per heavy atom. The fraction of sp³-hybridized carbons (Fsp3) is 0.750. The van der Waals surface area contributed by atoms with Crippen LogP contribution in [0.15, 0.2) is 12.7 Å². The van der Waals surface area contributed by atoms with Gasteiger partial charge in [0.15, 0.2) is 0 Å². The van der Waals surface area contributed by atoms with Crippen LogP contribution in [0.3, 0.4) is 0 Å². The third-order valence-electron chi connectivity index (χ3n) is 1.28. The fourth-order valence-corrected chi connectivity index (χ4v) is 0.728. The Morgan fingerprint density at radius 3 is 2.67 bits per heavy atom. The van der Waals surface area contributed by atoms with E-state index < -0.39 is 0 Å². The van der Waals surface area contributed by atoms with Crippen LogP contribution in [0.5, 0.6) is 0 Å². The first kappa shape index (κ1) is 8.70. The summed E-state index contributed by atoms with van der Waals surface area (Å²) in [4.78, 5) is 0. The quantitative estimate of drug-likeness (QED) is 0.444. The van der Waals surface area contributed by atoms with E-state index in [2.05, 4.69) is 6.58 Å². The standard InChI is InChI=1S/C8H16O/c1-3-4-5-6-7-8(2)9/h3,8-9H,1,4-7H2,2H3/t8-/m0/s1. The summed E-state index contributed by atoms with van der Waals surface area (Å²) in [5.41, 5.74) is 0. The molecule has 0 spiro atoms. The molecule has 0 aliphatic carbocycles. The lowest BCUT2D eigenvalue weighted by atomic mass is 10.1. The third-order valence-corrected chi connectivity index (χ3v) is 1.28. The van der Waals surface area contributed by atoms with Crippen molar-refractivity contribution < 1.29 is 5.11 Å². The molecule has 9 heavy (non-hydrogen) atoms. The van der Waals surface area contributed by atoms with Crippen LogP contribution in [-0.2, 0) is 0 Å². The zero-order valence-corrected chi connectivity index (χ0v) is 6.14. The lowest BCUT2D eigenvalue weighted by molar-refractivity contribution is 0.181. The van der Waals surface area contributed by atoms with E-state index in [1.807, 2.05) is 13.0 Å². The van der Waals surface area contributed by atoms with Crippen LogP contribution in [-0.4, -0.2) is 11.2 Å². The molecule has 1 atom stereocenters. The monoisotopic (exact) mass is 128 g/mol. The highest BCUT2D eigenvalue weighted by atomic mass is 16.3. The molecule has 0 bridgehead atoms. The Morgan fingerprint density at radius 1 is 1.56 bits per heavy atom. The molecule has 54 valence electrons. The molecule has 0 aromatic carbocycles. The molecule has 0 aromatic rings. The first-order valence-corrected chi connectivity index (χ1v) is 3.56. The van der Waals surface area contributed by atoms with Gasteiger partial charge in [-0.25, -0.2) is 0 Å². The molecule has 0 aliphatic heterocycles. The van der Waals surface area contributed by atoms with Crippen molar-refractivity contribution in [1.29, 1.82) is 0 Å². The van der Waals surface area contributed by atoms with Crippen molar-refractivity contribution in [3.63, 3.8) is 0 Å². The van der Waals surface area contributed by atoms with Gasteiger partial charge in [0.2, 0.25) is 0 Å². The molecule has 0 aromatic heterocycles. The van der Waals surface area contributed by atoms with Crippen LogP contribution in [0, 0.1) is 0 Å². The molecule has 0 saturated heterocycles. The van der Waals surface area contributed by atoms with Gasteiger partial charge in [0, 0.05) is 0 Å². The Labute approximate surface area is 57.4 Å². The third kappa shape index (κ3) is 7.70. The van der Waals surface area contributed by atoms with Gasteiger partial charge in [-0.3, -0.25) is 0 Å². The maximum Gasteiger partial charge on any atom is 0.0512 e. The van der Waals surface area contributed by atoms with Crippen molar-refractivity contribution in [2.75, 3.05) is 0 Å². The zero-order chi connectivity index (χ0) is 7.11. The van der Waals surface area contributed by atoms with Crippen LogP contribution in [0.25, 0.3) is 0 Å². The lowest BCUT2D eigenvalue weighted by Gasteiger charge is -2.00. The minimum Gasteiger partial charge on any atom is -0.393 e. The number of allylic oxidation sites excluding steroid dienone is 1. The van der Waals surface area contributed by atoms with Crippen molar-refractivity contribution >= 4 is 0 Å². The van der Waals surface area contributed by atoms with E-state index in [1.165, 1.54) is 0 Å². The molecule has 0 amide bonds. The Bertz CT molecular complexity index is 67.0. The van der Waals surface area contributed by atoms with Gasteiger partial charge in [0.05, 0.1) is 6.10 Å². The van der Waals surface area contributed by atoms with Gasteiger partial charge in [-0.2, -0.15) is 0 Å². The largest absolute Gasteiger partial charge is 0.393 e. The highest BCUT2D eigenvalue weighted by Gasteiger charge is 1.92.